The lowest BCUT2D eigenvalue weighted by Gasteiger charge is -2.27. The van der Waals surface area contributed by atoms with Crippen LogP contribution in [0.4, 0.5) is 17.1 Å². The molecule has 0 saturated heterocycles. The second kappa shape index (κ2) is 13.4. The van der Waals surface area contributed by atoms with Crippen LogP contribution in [0.3, 0.4) is 0 Å². The Morgan fingerprint density at radius 3 is 1.63 bits per heavy atom. The van der Waals surface area contributed by atoms with E-state index in [2.05, 4.69) is 0 Å². The quantitative estimate of drug-likeness (QED) is 0.164. The molecule has 10 aromatic rings. The molecule has 54 heavy (non-hydrogen) atoms. The molecule has 0 bridgehead atoms. The van der Waals surface area contributed by atoms with Gasteiger partial charge in [-0.3, -0.25) is 0 Å². The summed E-state index contributed by atoms with van der Waals surface area (Å²) in [6, 6.07) is 26.6. The van der Waals surface area contributed by atoms with Crippen molar-refractivity contribution < 1.29 is 25.0 Å². The molecular weight excluding hydrogens is 655 g/mol. The average molecular weight is 705 g/mol. The fraction of sp³-hybridized carbons (Fsp3) is 0. The lowest BCUT2D eigenvalue weighted by Crippen LogP contribution is -2.10. The molecule has 10 rings (SSSR count). The second-order valence-corrected chi connectivity index (χ2v) is 12.5. The first-order valence-electron chi connectivity index (χ1n) is 24.7. The zero-order valence-electron chi connectivity index (χ0n) is 43.4. The minimum Gasteiger partial charge on any atom is -0.456 e. The van der Waals surface area contributed by atoms with Crippen LogP contribution in [-0.4, -0.2) is 0 Å². The zero-order chi connectivity index (χ0) is 48.9. The highest BCUT2D eigenvalue weighted by molar-refractivity contribution is 6.07. The summed E-state index contributed by atoms with van der Waals surface area (Å²) in [5.41, 5.74) is 2.85. The van der Waals surface area contributed by atoms with E-state index in [1.807, 2.05) is 109 Å². The van der Waals surface area contributed by atoms with Crippen LogP contribution < -0.4 is 4.90 Å². The Morgan fingerprint density at radius 2 is 0.926 bits per heavy atom. The van der Waals surface area contributed by atoms with Crippen LogP contribution in [0.1, 0.15) is 20.6 Å². The molecule has 0 aliphatic rings. The minimum atomic E-state index is -0.816. The summed E-state index contributed by atoms with van der Waals surface area (Å²) in [4.78, 5) is 1.59. The molecular formula is C52H35NO. The molecule has 2 nitrogen and oxygen atoms in total. The summed E-state index contributed by atoms with van der Waals surface area (Å²) in [6.45, 7) is 0. The maximum absolute atomic E-state index is 9.85. The molecule has 0 unspecified atom stereocenters. The van der Waals surface area contributed by atoms with Gasteiger partial charge in [-0.2, -0.15) is 0 Å². The number of benzene rings is 9. The van der Waals surface area contributed by atoms with E-state index in [-0.39, 0.29) is 5.69 Å². The number of rotatable bonds is 7. The summed E-state index contributed by atoms with van der Waals surface area (Å²) in [5, 5.41) is 0.504. The third-order valence-electron chi connectivity index (χ3n) is 9.32. The number of anilines is 3. The minimum absolute atomic E-state index is 0.225. The lowest BCUT2D eigenvalue weighted by atomic mass is 9.91. The smallest absolute Gasteiger partial charge is 0.135 e. The Morgan fingerprint density at radius 1 is 0.370 bits per heavy atom. The van der Waals surface area contributed by atoms with Gasteiger partial charge >= 0.3 is 0 Å². The van der Waals surface area contributed by atoms with Crippen LogP contribution in [-0.2, 0) is 0 Å². The maximum atomic E-state index is 9.85. The van der Waals surface area contributed by atoms with Gasteiger partial charge in [-0.25, -0.2) is 0 Å². The van der Waals surface area contributed by atoms with Gasteiger partial charge in [0.15, 0.2) is 0 Å². The zero-order valence-corrected chi connectivity index (χ0v) is 28.4. The molecule has 9 aromatic carbocycles. The van der Waals surface area contributed by atoms with Crippen molar-refractivity contribution in [2.24, 2.45) is 0 Å². The van der Waals surface area contributed by atoms with Crippen LogP contribution in [0, 0.1) is 0 Å². The van der Waals surface area contributed by atoms with Gasteiger partial charge in [0.2, 0.25) is 0 Å². The molecule has 0 N–H and O–H groups in total. The van der Waals surface area contributed by atoms with Crippen molar-refractivity contribution in [2.45, 2.75) is 0 Å². The van der Waals surface area contributed by atoms with Crippen LogP contribution in [0.25, 0.3) is 77.2 Å². The van der Waals surface area contributed by atoms with Gasteiger partial charge in [-0.15, -0.1) is 0 Å². The largest absolute Gasteiger partial charge is 0.456 e. The number of hydrogen-bond donors (Lipinski definition) is 0. The van der Waals surface area contributed by atoms with E-state index in [4.69, 9.17) is 16.8 Å². The molecule has 0 fully saturated rings. The summed E-state index contributed by atoms with van der Waals surface area (Å²) < 4.78 is 142. The van der Waals surface area contributed by atoms with E-state index >= 15 is 0 Å². The maximum Gasteiger partial charge on any atom is 0.135 e. The van der Waals surface area contributed by atoms with Gasteiger partial charge in [0.25, 0.3) is 0 Å². The van der Waals surface area contributed by atoms with E-state index in [1.54, 1.807) is 17.0 Å². The molecule has 1 aromatic heterocycles. The first-order chi connectivity index (χ1) is 33.0. The fourth-order valence-electron chi connectivity index (χ4n) is 6.83. The fourth-order valence-corrected chi connectivity index (χ4v) is 6.83. The van der Waals surface area contributed by atoms with Crippen molar-refractivity contribution in [2.75, 3.05) is 4.90 Å². The Kier molecular flexibility index (Phi) is 4.88. The predicted molar refractivity (Wildman–Crippen MR) is 228 cm³/mol. The van der Waals surface area contributed by atoms with Crippen molar-refractivity contribution in [3.05, 3.63) is 212 Å². The molecule has 0 saturated carbocycles. The van der Waals surface area contributed by atoms with Gasteiger partial charge in [0.05, 0.1) is 20.6 Å². The Hall–Kier alpha value is -7.16. The Bertz CT molecular complexity index is 3740. The SMILES string of the molecule is [2H]c1c([2H])c([2H])c(-c2c(-c3c([2H])c([2H])c(N(c4ccc(-c5ccccc5)c(-c5ccccc5)c4)c4ccc5oc6ccccc6c5c4)c([2H])c3[2H])c([2H])c3c([2H])c([2H])c([2H])c([2H])c3c2[2H])c([2H])c1[2H]. The van der Waals surface area contributed by atoms with E-state index in [0.717, 1.165) is 27.6 Å². The van der Waals surface area contributed by atoms with Gasteiger partial charge in [-0.1, -0.05) is 151 Å². The average Bonchev–Trinajstić information content (AvgIpc) is 3.74. The number of para-hydroxylation sites is 1. The number of hydrogen-bond acceptors (Lipinski definition) is 2. The molecule has 1 heterocycles. The first kappa shape index (κ1) is 19.6. The van der Waals surface area contributed by atoms with E-state index in [0.29, 0.717) is 27.9 Å². The molecule has 0 amide bonds. The molecule has 0 aliphatic carbocycles. The van der Waals surface area contributed by atoms with Crippen molar-refractivity contribution in [1.82, 2.24) is 0 Å². The van der Waals surface area contributed by atoms with E-state index in [1.165, 1.54) is 0 Å². The number of furan rings is 1. The van der Waals surface area contributed by atoms with Gasteiger partial charge in [0.1, 0.15) is 11.2 Å². The van der Waals surface area contributed by atoms with Crippen LogP contribution in [0.5, 0.6) is 0 Å². The molecule has 254 valence electrons. The molecule has 2 heteroatoms. The molecule has 0 radical (unpaired) electrons. The third kappa shape index (κ3) is 5.71. The van der Waals surface area contributed by atoms with E-state index in [9.17, 15) is 8.22 Å². The van der Waals surface area contributed by atoms with Crippen LogP contribution in [0.15, 0.2) is 216 Å². The monoisotopic (exact) mass is 704 g/mol. The summed E-state index contributed by atoms with van der Waals surface area (Å²) in [6.07, 6.45) is 0. The normalized spacial score (nSPS) is 15.2. The van der Waals surface area contributed by atoms with Gasteiger partial charge in [0, 0.05) is 27.8 Å². The highest BCUT2D eigenvalue weighted by atomic mass is 16.3. The highest BCUT2D eigenvalue weighted by Crippen LogP contribution is 2.43. The van der Waals surface area contributed by atoms with Gasteiger partial charge in [-0.05, 0) is 116 Å². The molecule has 0 aliphatic heterocycles. The van der Waals surface area contributed by atoms with Crippen molar-refractivity contribution in [1.29, 1.82) is 0 Å². The van der Waals surface area contributed by atoms with Gasteiger partial charge < -0.3 is 9.32 Å². The second-order valence-electron chi connectivity index (χ2n) is 12.5. The Balaban J connectivity index is 1.32. The predicted octanol–water partition coefficient (Wildman–Crippen LogP) is 14.9. The number of nitrogens with zero attached hydrogens (tertiary/aromatic N) is 1. The third-order valence-corrected chi connectivity index (χ3v) is 9.32. The van der Waals surface area contributed by atoms with Crippen molar-refractivity contribution in [3.8, 4) is 44.5 Å². The van der Waals surface area contributed by atoms with Crippen molar-refractivity contribution in [3.63, 3.8) is 0 Å². The van der Waals surface area contributed by atoms with Crippen molar-refractivity contribution >= 4 is 49.8 Å². The summed E-state index contributed by atoms with van der Waals surface area (Å²) in [7, 11) is 0. The van der Waals surface area contributed by atoms with Crippen LogP contribution in [0.2, 0.25) is 0 Å². The lowest BCUT2D eigenvalue weighted by molar-refractivity contribution is 0.669. The summed E-state index contributed by atoms with van der Waals surface area (Å²) >= 11 is 0. The standard InChI is InChI=1S/C52H35NO/c1-4-14-36(15-5-1)45-30-28-43(34-49(45)38-18-8-3-9-19-38)53(44-29-31-52-50(35-44)46-22-12-13-23-51(46)54-52)42-26-24-39(25-27-42)48-33-41-21-11-10-20-40(41)32-47(48)37-16-6-2-7-17-37/h1-35H/i2D,6D,7D,10D,11D,16D,17D,20D,21D,24D,25D,26D,27D,32D,33D. The van der Waals surface area contributed by atoms with Crippen LogP contribution >= 0.6 is 0 Å². The highest BCUT2D eigenvalue weighted by Gasteiger charge is 2.19. The van der Waals surface area contributed by atoms with E-state index < -0.39 is 124 Å². The molecule has 0 atom stereocenters. The summed E-state index contributed by atoms with van der Waals surface area (Å²) in [5.74, 6) is 0. The first-order valence-corrected chi connectivity index (χ1v) is 17.2. The Labute approximate surface area is 335 Å². The number of fused-ring (bicyclic) bond motifs is 4. The topological polar surface area (TPSA) is 16.4 Å². The molecule has 0 spiro atoms.